The van der Waals surface area contributed by atoms with Crippen LogP contribution < -0.4 is 0 Å². The van der Waals surface area contributed by atoms with Crippen molar-refractivity contribution in [1.29, 1.82) is 0 Å². The molecule has 2 aromatic carbocycles. The fourth-order valence-electron chi connectivity index (χ4n) is 2.08. The number of imidazole rings is 1. The number of nitrogens with zero attached hydrogens (tertiary/aromatic N) is 2. The van der Waals surface area contributed by atoms with Crippen LogP contribution >= 0.6 is 0 Å². The molecule has 0 aliphatic carbocycles. The topological polar surface area (TPSA) is 55.1 Å². The molecule has 0 atom stereocenters. The van der Waals surface area contributed by atoms with Gasteiger partial charge in [0, 0.05) is 0 Å². The zero-order valence-corrected chi connectivity index (χ0v) is 10.0. The number of aromatic carboxylic acids is 1. The number of halogens is 2. The number of hydrogen-bond acceptors (Lipinski definition) is 2. The molecule has 0 radical (unpaired) electrons. The summed E-state index contributed by atoms with van der Waals surface area (Å²) < 4.78 is 28.4. The van der Waals surface area contributed by atoms with Crippen molar-refractivity contribution in [2.45, 2.75) is 0 Å². The predicted molar refractivity (Wildman–Crippen MR) is 67.9 cm³/mol. The van der Waals surface area contributed by atoms with Gasteiger partial charge in [-0.15, -0.1) is 0 Å². The fourth-order valence-corrected chi connectivity index (χ4v) is 2.08. The maximum absolute atomic E-state index is 13.8. The molecule has 3 rings (SSSR count). The van der Waals surface area contributed by atoms with Crippen LogP contribution in [0.4, 0.5) is 8.78 Å². The van der Waals surface area contributed by atoms with Gasteiger partial charge in [0.1, 0.15) is 11.8 Å². The Morgan fingerprint density at radius 3 is 2.65 bits per heavy atom. The van der Waals surface area contributed by atoms with E-state index in [0.717, 1.165) is 6.07 Å². The number of carboxylic acids is 1. The molecule has 0 saturated heterocycles. The Hall–Kier alpha value is -2.76. The monoisotopic (exact) mass is 274 g/mol. The summed E-state index contributed by atoms with van der Waals surface area (Å²) in [7, 11) is 0. The molecule has 3 aromatic rings. The lowest BCUT2D eigenvalue weighted by atomic mass is 10.2. The average molecular weight is 274 g/mol. The molecule has 6 heteroatoms. The van der Waals surface area contributed by atoms with Crippen LogP contribution in [0, 0.1) is 11.6 Å². The molecular weight excluding hydrogens is 266 g/mol. The molecule has 0 unspecified atom stereocenters. The summed E-state index contributed by atoms with van der Waals surface area (Å²) >= 11 is 0. The largest absolute Gasteiger partial charge is 0.478 e. The zero-order chi connectivity index (χ0) is 14.3. The number of aromatic nitrogens is 2. The first-order valence-electron chi connectivity index (χ1n) is 5.73. The van der Waals surface area contributed by atoms with Gasteiger partial charge in [-0.3, -0.25) is 4.57 Å². The lowest BCUT2D eigenvalue weighted by Crippen LogP contribution is -2.00. The number of hydrogen-bond donors (Lipinski definition) is 1. The Morgan fingerprint density at radius 2 is 1.90 bits per heavy atom. The second-order valence-electron chi connectivity index (χ2n) is 4.17. The van der Waals surface area contributed by atoms with Gasteiger partial charge in [0.2, 0.25) is 0 Å². The third-order valence-corrected chi connectivity index (χ3v) is 3.00. The third kappa shape index (κ3) is 1.73. The van der Waals surface area contributed by atoms with Crippen LogP contribution in [-0.2, 0) is 0 Å². The van der Waals surface area contributed by atoms with Crippen LogP contribution in [0.15, 0.2) is 42.7 Å². The summed E-state index contributed by atoms with van der Waals surface area (Å²) in [5.74, 6) is -3.10. The van der Waals surface area contributed by atoms with Gasteiger partial charge in [-0.05, 0) is 24.3 Å². The molecule has 0 aliphatic rings. The van der Waals surface area contributed by atoms with Crippen molar-refractivity contribution in [3.05, 3.63) is 59.9 Å². The van der Waals surface area contributed by atoms with Crippen molar-refractivity contribution in [1.82, 2.24) is 9.55 Å². The molecule has 20 heavy (non-hydrogen) atoms. The number of para-hydroxylation sites is 1. The third-order valence-electron chi connectivity index (χ3n) is 3.00. The number of benzene rings is 2. The molecule has 1 N–H and O–H groups in total. The first kappa shape index (κ1) is 12.3. The molecule has 4 nitrogen and oxygen atoms in total. The molecule has 0 saturated carbocycles. The summed E-state index contributed by atoms with van der Waals surface area (Å²) in [4.78, 5) is 15.1. The van der Waals surface area contributed by atoms with E-state index >= 15 is 0 Å². The van der Waals surface area contributed by atoms with E-state index in [0.29, 0.717) is 5.52 Å². The van der Waals surface area contributed by atoms with Crippen LogP contribution in [0.5, 0.6) is 0 Å². The molecule has 1 aromatic heterocycles. The summed E-state index contributed by atoms with van der Waals surface area (Å²) in [6, 6.07) is 8.32. The summed E-state index contributed by atoms with van der Waals surface area (Å²) in [5, 5.41) is 9.08. The standard InChI is InChI=1S/C14H8F2N2O2/c15-9-4-2-5-10(12(9)16)18-7-17-13-8(14(19)20)3-1-6-11(13)18/h1-7H,(H,19,20). The van der Waals surface area contributed by atoms with Gasteiger partial charge < -0.3 is 5.11 Å². The maximum Gasteiger partial charge on any atom is 0.337 e. The number of carboxylic acid groups (broad SMARTS) is 1. The van der Waals surface area contributed by atoms with Crippen molar-refractivity contribution >= 4 is 17.0 Å². The highest BCUT2D eigenvalue weighted by Crippen LogP contribution is 2.23. The van der Waals surface area contributed by atoms with Gasteiger partial charge in [0.15, 0.2) is 11.6 Å². The van der Waals surface area contributed by atoms with Gasteiger partial charge in [0.25, 0.3) is 0 Å². The van der Waals surface area contributed by atoms with Crippen molar-refractivity contribution in [3.63, 3.8) is 0 Å². The van der Waals surface area contributed by atoms with Crippen LogP contribution in [0.25, 0.3) is 16.7 Å². The van der Waals surface area contributed by atoms with E-state index in [2.05, 4.69) is 4.98 Å². The molecule has 0 spiro atoms. The highest BCUT2D eigenvalue weighted by molar-refractivity contribution is 6.01. The van der Waals surface area contributed by atoms with Gasteiger partial charge >= 0.3 is 5.97 Å². The fraction of sp³-hybridized carbons (Fsp3) is 0. The zero-order valence-electron chi connectivity index (χ0n) is 10.0. The average Bonchev–Trinajstić information content (AvgIpc) is 2.85. The second-order valence-corrected chi connectivity index (χ2v) is 4.17. The summed E-state index contributed by atoms with van der Waals surface area (Å²) in [6.45, 7) is 0. The Balaban J connectivity index is 2.31. The lowest BCUT2D eigenvalue weighted by Gasteiger charge is -2.06. The highest BCUT2D eigenvalue weighted by atomic mass is 19.2. The normalized spacial score (nSPS) is 10.9. The van der Waals surface area contributed by atoms with Crippen molar-refractivity contribution in [2.75, 3.05) is 0 Å². The van der Waals surface area contributed by atoms with Crippen molar-refractivity contribution < 1.29 is 18.7 Å². The number of rotatable bonds is 2. The Bertz CT molecular complexity index is 827. The van der Waals surface area contributed by atoms with Gasteiger partial charge in [-0.1, -0.05) is 12.1 Å². The molecular formula is C14H8F2N2O2. The molecule has 0 aliphatic heterocycles. The quantitative estimate of drug-likeness (QED) is 0.781. The minimum atomic E-state index is -1.12. The van der Waals surface area contributed by atoms with E-state index in [1.807, 2.05) is 0 Å². The minimum Gasteiger partial charge on any atom is -0.478 e. The van der Waals surface area contributed by atoms with E-state index in [9.17, 15) is 13.6 Å². The predicted octanol–water partition coefficient (Wildman–Crippen LogP) is 3.00. The summed E-state index contributed by atoms with van der Waals surface area (Å²) in [5.41, 5.74) is 0.617. The van der Waals surface area contributed by atoms with Gasteiger partial charge in [0.05, 0.1) is 16.8 Å². The Morgan fingerprint density at radius 1 is 1.15 bits per heavy atom. The first-order valence-corrected chi connectivity index (χ1v) is 5.73. The lowest BCUT2D eigenvalue weighted by molar-refractivity contribution is 0.0699. The Labute approximate surface area is 111 Å². The van der Waals surface area contributed by atoms with Crippen LogP contribution in [-0.4, -0.2) is 20.6 Å². The number of carbonyl (C=O) groups is 1. The highest BCUT2D eigenvalue weighted by Gasteiger charge is 2.16. The molecule has 0 fully saturated rings. The van der Waals surface area contributed by atoms with E-state index in [4.69, 9.17) is 5.11 Å². The molecule has 0 bridgehead atoms. The second kappa shape index (κ2) is 4.41. The van der Waals surface area contributed by atoms with Crippen LogP contribution in [0.1, 0.15) is 10.4 Å². The van der Waals surface area contributed by atoms with E-state index in [1.165, 1.54) is 35.2 Å². The van der Waals surface area contributed by atoms with Crippen molar-refractivity contribution in [2.24, 2.45) is 0 Å². The van der Waals surface area contributed by atoms with E-state index in [-0.39, 0.29) is 16.8 Å². The van der Waals surface area contributed by atoms with E-state index < -0.39 is 17.6 Å². The molecule has 100 valence electrons. The van der Waals surface area contributed by atoms with Crippen molar-refractivity contribution in [3.8, 4) is 5.69 Å². The molecule has 1 heterocycles. The molecule has 0 amide bonds. The van der Waals surface area contributed by atoms with Gasteiger partial charge in [-0.2, -0.15) is 0 Å². The first-order chi connectivity index (χ1) is 9.59. The maximum atomic E-state index is 13.8. The minimum absolute atomic E-state index is 0.0121. The SMILES string of the molecule is O=C(O)c1cccc2c1ncn2-c1cccc(F)c1F. The summed E-state index contributed by atoms with van der Waals surface area (Å²) in [6.07, 6.45) is 1.27. The van der Waals surface area contributed by atoms with Crippen LogP contribution in [0.2, 0.25) is 0 Å². The van der Waals surface area contributed by atoms with Gasteiger partial charge in [-0.25, -0.2) is 18.6 Å². The Kier molecular flexibility index (Phi) is 2.71. The van der Waals surface area contributed by atoms with E-state index in [1.54, 1.807) is 6.07 Å². The number of fused-ring (bicyclic) bond motifs is 1. The smallest absolute Gasteiger partial charge is 0.337 e. The van der Waals surface area contributed by atoms with Crippen LogP contribution in [0.3, 0.4) is 0 Å².